The van der Waals surface area contributed by atoms with E-state index in [0.29, 0.717) is 6.54 Å². The molecule has 0 bridgehead atoms. The summed E-state index contributed by atoms with van der Waals surface area (Å²) in [7, 11) is 3.95. The van der Waals surface area contributed by atoms with Gasteiger partial charge in [-0.2, -0.15) is 5.10 Å². The largest absolute Gasteiger partial charge is 0.339 e. The molecule has 0 radical (unpaired) electrons. The molecule has 1 aliphatic heterocycles. The standard InChI is InChI=1S/C16H29N5O/c1-16(2,3)15-13(11-20(5)18-15)10-19(4)12-14(22)21-8-6-17-7-9-21/h11,17H,6-10,12H2,1-5H3. The molecule has 1 N–H and O–H groups in total. The minimum atomic E-state index is 0.0139. The number of hydrogen-bond donors (Lipinski definition) is 1. The zero-order chi connectivity index (χ0) is 16.3. The van der Waals surface area contributed by atoms with Crippen LogP contribution in [0.4, 0.5) is 0 Å². The number of rotatable bonds is 4. The quantitative estimate of drug-likeness (QED) is 0.884. The van der Waals surface area contributed by atoms with Gasteiger partial charge in [-0.15, -0.1) is 0 Å². The first-order valence-corrected chi connectivity index (χ1v) is 7.97. The molecule has 0 aliphatic carbocycles. The topological polar surface area (TPSA) is 53.4 Å². The number of nitrogens with zero attached hydrogens (tertiary/aromatic N) is 4. The van der Waals surface area contributed by atoms with E-state index in [0.717, 1.165) is 38.4 Å². The molecule has 1 fully saturated rings. The van der Waals surface area contributed by atoms with E-state index < -0.39 is 0 Å². The van der Waals surface area contributed by atoms with Crippen LogP contribution < -0.4 is 5.32 Å². The van der Waals surface area contributed by atoms with Crippen molar-refractivity contribution < 1.29 is 4.79 Å². The summed E-state index contributed by atoms with van der Waals surface area (Å²) in [6.07, 6.45) is 2.06. The third kappa shape index (κ3) is 4.30. The zero-order valence-electron chi connectivity index (χ0n) is 14.5. The number of carbonyl (C=O) groups is 1. The van der Waals surface area contributed by atoms with Gasteiger partial charge >= 0.3 is 0 Å². The Kier molecular flexibility index (Phi) is 5.24. The lowest BCUT2D eigenvalue weighted by molar-refractivity contribution is -0.132. The number of carbonyl (C=O) groups excluding carboxylic acids is 1. The third-order valence-corrected chi connectivity index (χ3v) is 3.93. The minimum absolute atomic E-state index is 0.0139. The molecular weight excluding hydrogens is 278 g/mol. The highest BCUT2D eigenvalue weighted by Gasteiger charge is 2.23. The van der Waals surface area contributed by atoms with Crippen molar-refractivity contribution in [3.63, 3.8) is 0 Å². The van der Waals surface area contributed by atoms with Crippen LogP contribution in [0.3, 0.4) is 0 Å². The molecule has 0 spiro atoms. The van der Waals surface area contributed by atoms with Crippen molar-refractivity contribution in [2.75, 3.05) is 39.8 Å². The Morgan fingerprint density at radius 2 is 2.00 bits per heavy atom. The fraction of sp³-hybridized carbons (Fsp3) is 0.750. The van der Waals surface area contributed by atoms with E-state index in [1.165, 1.54) is 5.56 Å². The van der Waals surface area contributed by atoms with E-state index in [4.69, 9.17) is 0 Å². The van der Waals surface area contributed by atoms with Gasteiger partial charge in [-0.3, -0.25) is 14.4 Å². The van der Waals surface area contributed by atoms with Crippen LogP contribution in [-0.4, -0.2) is 65.3 Å². The molecule has 0 saturated carbocycles. The zero-order valence-corrected chi connectivity index (χ0v) is 14.5. The Hall–Kier alpha value is -1.40. The first-order valence-electron chi connectivity index (χ1n) is 7.97. The van der Waals surface area contributed by atoms with Gasteiger partial charge in [-0.1, -0.05) is 20.8 Å². The van der Waals surface area contributed by atoms with Crippen LogP contribution in [-0.2, 0) is 23.8 Å². The lowest BCUT2D eigenvalue weighted by Gasteiger charge is -2.29. The van der Waals surface area contributed by atoms with Crippen molar-refractivity contribution in [2.45, 2.75) is 32.7 Å². The number of piperazine rings is 1. The molecule has 22 heavy (non-hydrogen) atoms. The second kappa shape index (κ2) is 6.79. The summed E-state index contributed by atoms with van der Waals surface area (Å²) in [5.41, 5.74) is 2.32. The molecule has 1 saturated heterocycles. The molecule has 124 valence electrons. The van der Waals surface area contributed by atoms with Gasteiger partial charge in [-0.25, -0.2) is 0 Å². The van der Waals surface area contributed by atoms with Crippen molar-refractivity contribution in [3.8, 4) is 0 Å². The Bertz CT molecular complexity index is 511. The van der Waals surface area contributed by atoms with Crippen molar-refractivity contribution >= 4 is 5.91 Å². The summed E-state index contributed by atoms with van der Waals surface area (Å²) in [6, 6.07) is 0. The van der Waals surface area contributed by atoms with Crippen molar-refractivity contribution in [3.05, 3.63) is 17.5 Å². The van der Waals surface area contributed by atoms with Gasteiger partial charge in [0.25, 0.3) is 0 Å². The van der Waals surface area contributed by atoms with Gasteiger partial charge in [0.15, 0.2) is 0 Å². The number of nitrogens with one attached hydrogen (secondary N) is 1. The maximum Gasteiger partial charge on any atom is 0.236 e. The normalized spacial score (nSPS) is 16.4. The average Bonchev–Trinajstić information content (AvgIpc) is 2.80. The van der Waals surface area contributed by atoms with Crippen molar-refractivity contribution in [1.29, 1.82) is 0 Å². The fourth-order valence-corrected chi connectivity index (χ4v) is 2.88. The third-order valence-electron chi connectivity index (χ3n) is 3.93. The number of hydrogen-bond acceptors (Lipinski definition) is 4. The molecule has 2 rings (SSSR count). The van der Waals surface area contributed by atoms with Crippen LogP contribution in [0.5, 0.6) is 0 Å². The molecule has 1 aliphatic rings. The maximum atomic E-state index is 12.3. The van der Waals surface area contributed by atoms with Crippen LogP contribution >= 0.6 is 0 Å². The van der Waals surface area contributed by atoms with Crippen LogP contribution in [0.1, 0.15) is 32.0 Å². The molecule has 1 aromatic rings. The molecule has 1 amide bonds. The summed E-state index contributed by atoms with van der Waals surface area (Å²) in [6.45, 7) is 11.1. The Balaban J connectivity index is 1.97. The van der Waals surface area contributed by atoms with E-state index in [2.05, 4.69) is 42.3 Å². The van der Waals surface area contributed by atoms with E-state index in [1.54, 1.807) is 0 Å². The molecular formula is C16H29N5O. The second-order valence-corrected chi connectivity index (χ2v) is 7.23. The summed E-state index contributed by atoms with van der Waals surface area (Å²) < 4.78 is 1.86. The monoisotopic (exact) mass is 307 g/mol. The summed E-state index contributed by atoms with van der Waals surface area (Å²) >= 11 is 0. The Labute approximate surface area is 133 Å². The molecule has 2 heterocycles. The number of likely N-dealkylation sites (N-methyl/N-ethyl adjacent to an activating group) is 1. The van der Waals surface area contributed by atoms with E-state index in [-0.39, 0.29) is 11.3 Å². The van der Waals surface area contributed by atoms with Gasteiger partial charge in [-0.05, 0) is 7.05 Å². The van der Waals surface area contributed by atoms with Gasteiger partial charge in [0.1, 0.15) is 0 Å². The van der Waals surface area contributed by atoms with Crippen LogP contribution in [0.2, 0.25) is 0 Å². The van der Waals surface area contributed by atoms with Crippen molar-refractivity contribution in [1.82, 2.24) is 24.9 Å². The van der Waals surface area contributed by atoms with Gasteiger partial charge < -0.3 is 10.2 Å². The first-order chi connectivity index (χ1) is 10.3. The van der Waals surface area contributed by atoms with Crippen molar-refractivity contribution in [2.24, 2.45) is 7.05 Å². The van der Waals surface area contributed by atoms with Gasteiger partial charge in [0.2, 0.25) is 5.91 Å². The predicted molar refractivity (Wildman–Crippen MR) is 87.7 cm³/mol. The molecule has 6 nitrogen and oxygen atoms in total. The average molecular weight is 307 g/mol. The van der Waals surface area contributed by atoms with Crippen LogP contribution in [0.15, 0.2) is 6.20 Å². The Morgan fingerprint density at radius 3 is 2.59 bits per heavy atom. The van der Waals surface area contributed by atoms with Crippen LogP contribution in [0.25, 0.3) is 0 Å². The van der Waals surface area contributed by atoms with Gasteiger partial charge in [0.05, 0.1) is 12.2 Å². The summed E-state index contributed by atoms with van der Waals surface area (Å²) in [5.74, 6) is 0.213. The minimum Gasteiger partial charge on any atom is -0.339 e. The highest BCUT2D eigenvalue weighted by Crippen LogP contribution is 2.24. The number of aryl methyl sites for hydroxylation is 1. The number of aromatic nitrogens is 2. The molecule has 6 heteroatoms. The second-order valence-electron chi connectivity index (χ2n) is 7.23. The summed E-state index contributed by atoms with van der Waals surface area (Å²) in [5, 5.41) is 7.86. The molecule has 1 aromatic heterocycles. The smallest absolute Gasteiger partial charge is 0.236 e. The van der Waals surface area contributed by atoms with E-state index in [1.807, 2.05) is 23.7 Å². The maximum absolute atomic E-state index is 12.3. The molecule has 0 unspecified atom stereocenters. The van der Waals surface area contributed by atoms with Gasteiger partial charge in [0, 0.05) is 56.9 Å². The first kappa shape index (κ1) is 17.0. The predicted octanol–water partition coefficient (Wildman–Crippen LogP) is 0.581. The summed E-state index contributed by atoms with van der Waals surface area (Å²) in [4.78, 5) is 16.3. The van der Waals surface area contributed by atoms with E-state index >= 15 is 0 Å². The molecule has 0 atom stereocenters. The SMILES string of the molecule is CN(CC(=O)N1CCNCC1)Cc1cn(C)nc1C(C)(C)C. The van der Waals surface area contributed by atoms with E-state index in [9.17, 15) is 4.79 Å². The van der Waals surface area contributed by atoms with Crippen LogP contribution in [0, 0.1) is 0 Å². The lowest BCUT2D eigenvalue weighted by atomic mass is 9.89. The lowest BCUT2D eigenvalue weighted by Crippen LogP contribution is -2.49. The fourth-order valence-electron chi connectivity index (χ4n) is 2.88. The Morgan fingerprint density at radius 1 is 1.36 bits per heavy atom. The highest BCUT2D eigenvalue weighted by molar-refractivity contribution is 5.78. The number of amides is 1. The molecule has 0 aromatic carbocycles. The highest BCUT2D eigenvalue weighted by atomic mass is 16.2.